The largest absolute Gasteiger partial charge is 0.480 e. The lowest BCUT2D eigenvalue weighted by Gasteiger charge is -2.22. The first-order valence-electron chi connectivity index (χ1n) is 7.73. The van der Waals surface area contributed by atoms with E-state index in [1.807, 2.05) is 0 Å². The number of likely N-dealkylation sites (tertiary alicyclic amines) is 1. The molecule has 2 aliphatic rings. The van der Waals surface area contributed by atoms with Crippen molar-refractivity contribution >= 4 is 23.6 Å². The average molecular weight is 333 g/mol. The lowest BCUT2D eigenvalue weighted by molar-refractivity contribution is -0.141. The van der Waals surface area contributed by atoms with Gasteiger partial charge in [-0.1, -0.05) is 0 Å². The highest BCUT2D eigenvalue weighted by Gasteiger charge is 2.40. The first-order valence-corrected chi connectivity index (χ1v) is 7.73. The van der Waals surface area contributed by atoms with E-state index < -0.39 is 12.0 Å². The van der Waals surface area contributed by atoms with Crippen molar-refractivity contribution in [1.82, 2.24) is 10.2 Å². The minimum Gasteiger partial charge on any atom is -0.480 e. The number of rotatable bonds is 4. The van der Waals surface area contributed by atoms with Crippen molar-refractivity contribution in [3.63, 3.8) is 0 Å². The van der Waals surface area contributed by atoms with Gasteiger partial charge in [-0.15, -0.1) is 0 Å². The molecule has 1 aromatic rings. The fraction of sp³-hybridized carbons (Fsp3) is 0.438. The highest BCUT2D eigenvalue weighted by molar-refractivity contribution is 5.98. The summed E-state index contributed by atoms with van der Waals surface area (Å²) in [5.74, 6) is -1.38. The highest BCUT2D eigenvalue weighted by atomic mass is 16.5. The summed E-state index contributed by atoms with van der Waals surface area (Å²) in [6, 6.07) is 5.56. The summed E-state index contributed by atoms with van der Waals surface area (Å²) in [5, 5.41) is 12.0. The zero-order valence-corrected chi connectivity index (χ0v) is 13.3. The van der Waals surface area contributed by atoms with Crippen molar-refractivity contribution < 1.29 is 24.2 Å². The molecule has 3 rings (SSSR count). The Kier molecular flexibility index (Phi) is 4.39. The van der Waals surface area contributed by atoms with Crippen LogP contribution in [0.3, 0.4) is 0 Å². The van der Waals surface area contributed by atoms with Crippen LogP contribution in [-0.4, -0.2) is 66.8 Å². The highest BCUT2D eigenvalue weighted by Crippen LogP contribution is 2.24. The van der Waals surface area contributed by atoms with Gasteiger partial charge < -0.3 is 20.1 Å². The van der Waals surface area contributed by atoms with Crippen LogP contribution < -0.4 is 10.2 Å². The van der Waals surface area contributed by atoms with Gasteiger partial charge in [-0.2, -0.15) is 0 Å². The molecule has 1 aromatic carbocycles. The van der Waals surface area contributed by atoms with Crippen LogP contribution >= 0.6 is 0 Å². The molecule has 24 heavy (non-hydrogen) atoms. The van der Waals surface area contributed by atoms with Crippen LogP contribution in [0.15, 0.2) is 24.3 Å². The van der Waals surface area contributed by atoms with Gasteiger partial charge in [-0.3, -0.25) is 9.69 Å². The molecule has 2 heterocycles. The van der Waals surface area contributed by atoms with E-state index in [0.717, 1.165) is 0 Å². The Morgan fingerprint density at radius 1 is 1.29 bits per heavy atom. The molecule has 2 atom stereocenters. The molecule has 0 radical (unpaired) electrons. The molecular formula is C16H19N3O5. The second kappa shape index (κ2) is 6.48. The van der Waals surface area contributed by atoms with Gasteiger partial charge in [0.2, 0.25) is 0 Å². The Labute approximate surface area is 139 Å². The summed E-state index contributed by atoms with van der Waals surface area (Å²) >= 11 is 0. The number of hydrogen-bond acceptors (Lipinski definition) is 4. The molecule has 2 unspecified atom stereocenters. The number of amides is 3. The van der Waals surface area contributed by atoms with Crippen LogP contribution in [0.4, 0.5) is 10.5 Å². The van der Waals surface area contributed by atoms with E-state index in [1.54, 1.807) is 29.2 Å². The Morgan fingerprint density at radius 3 is 2.54 bits per heavy atom. The average Bonchev–Trinajstić information content (AvgIpc) is 3.20. The smallest absolute Gasteiger partial charge is 0.326 e. The van der Waals surface area contributed by atoms with E-state index in [0.29, 0.717) is 24.3 Å². The third kappa shape index (κ3) is 2.92. The number of hydrogen-bond donors (Lipinski definition) is 2. The molecule has 2 fully saturated rings. The summed E-state index contributed by atoms with van der Waals surface area (Å²) in [5.41, 5.74) is 1.09. The molecule has 0 spiro atoms. The topological polar surface area (TPSA) is 99.2 Å². The standard InChI is InChI=1S/C16H19N3O5/c1-24-12-8-13(15(21)22)19(9-12)14(20)10-2-4-11(5-3-10)18-7-6-17-16(18)23/h2-5,12-13H,6-9H2,1H3,(H,17,23)(H,21,22). The minimum atomic E-state index is -1.03. The number of ether oxygens (including phenoxy) is 1. The van der Waals surface area contributed by atoms with E-state index in [1.165, 1.54) is 12.0 Å². The summed E-state index contributed by atoms with van der Waals surface area (Å²) < 4.78 is 5.20. The van der Waals surface area contributed by atoms with Crippen LogP contribution in [0.5, 0.6) is 0 Å². The van der Waals surface area contributed by atoms with E-state index in [2.05, 4.69) is 5.32 Å². The van der Waals surface area contributed by atoms with Gasteiger partial charge >= 0.3 is 12.0 Å². The van der Waals surface area contributed by atoms with Crippen molar-refractivity contribution in [1.29, 1.82) is 0 Å². The van der Waals surface area contributed by atoms with Gasteiger partial charge in [-0.05, 0) is 24.3 Å². The Balaban J connectivity index is 1.77. The Bertz CT molecular complexity index is 660. The molecule has 8 nitrogen and oxygen atoms in total. The van der Waals surface area contributed by atoms with Gasteiger partial charge in [0.05, 0.1) is 6.10 Å². The Morgan fingerprint density at radius 2 is 2.00 bits per heavy atom. The Hall–Kier alpha value is -2.61. The normalized spacial score (nSPS) is 23.5. The van der Waals surface area contributed by atoms with Crippen LogP contribution in [0.1, 0.15) is 16.8 Å². The number of anilines is 1. The SMILES string of the molecule is COC1CC(C(=O)O)N(C(=O)c2ccc(N3CCNC3=O)cc2)C1. The molecule has 0 aromatic heterocycles. The number of aliphatic carboxylic acids is 1. The number of carbonyl (C=O) groups is 3. The van der Waals surface area contributed by atoms with Crippen LogP contribution in [0, 0.1) is 0 Å². The molecule has 3 amide bonds. The summed E-state index contributed by atoms with van der Waals surface area (Å²) in [6.45, 7) is 1.42. The number of carboxylic acids is 1. The summed E-state index contributed by atoms with van der Waals surface area (Å²) in [6.07, 6.45) is 0.00600. The number of benzene rings is 1. The van der Waals surface area contributed by atoms with Crippen LogP contribution in [0.2, 0.25) is 0 Å². The van der Waals surface area contributed by atoms with E-state index in [4.69, 9.17) is 4.74 Å². The number of methoxy groups -OCH3 is 1. The maximum Gasteiger partial charge on any atom is 0.326 e. The van der Waals surface area contributed by atoms with Crippen molar-refractivity contribution in [3.8, 4) is 0 Å². The summed E-state index contributed by atoms with van der Waals surface area (Å²) in [4.78, 5) is 38.6. The van der Waals surface area contributed by atoms with Crippen molar-refractivity contribution in [2.45, 2.75) is 18.6 Å². The van der Waals surface area contributed by atoms with Crippen molar-refractivity contribution in [3.05, 3.63) is 29.8 Å². The zero-order valence-electron chi connectivity index (χ0n) is 13.3. The maximum absolute atomic E-state index is 12.6. The third-order valence-corrected chi connectivity index (χ3v) is 4.42. The van der Waals surface area contributed by atoms with Gasteiger partial charge in [-0.25, -0.2) is 9.59 Å². The van der Waals surface area contributed by atoms with E-state index >= 15 is 0 Å². The molecule has 0 bridgehead atoms. The quantitative estimate of drug-likeness (QED) is 0.837. The van der Waals surface area contributed by atoms with Crippen molar-refractivity contribution in [2.24, 2.45) is 0 Å². The molecule has 2 N–H and O–H groups in total. The second-order valence-electron chi connectivity index (χ2n) is 5.84. The lowest BCUT2D eigenvalue weighted by atomic mass is 10.1. The van der Waals surface area contributed by atoms with E-state index in [-0.39, 0.29) is 31.0 Å². The third-order valence-electron chi connectivity index (χ3n) is 4.42. The predicted molar refractivity (Wildman–Crippen MR) is 85.1 cm³/mol. The van der Waals surface area contributed by atoms with Crippen molar-refractivity contribution in [2.75, 3.05) is 31.6 Å². The van der Waals surface area contributed by atoms with Crippen LogP contribution in [0.25, 0.3) is 0 Å². The number of carbonyl (C=O) groups excluding carboxylic acids is 2. The second-order valence-corrected chi connectivity index (χ2v) is 5.84. The van der Waals surface area contributed by atoms with Gasteiger partial charge in [0.15, 0.2) is 0 Å². The fourth-order valence-corrected chi connectivity index (χ4v) is 3.09. The van der Waals surface area contributed by atoms with Gasteiger partial charge in [0.25, 0.3) is 5.91 Å². The molecule has 0 aliphatic carbocycles. The van der Waals surface area contributed by atoms with Gasteiger partial charge in [0.1, 0.15) is 6.04 Å². The number of nitrogens with zero attached hydrogens (tertiary/aromatic N) is 2. The first kappa shape index (κ1) is 16.3. The van der Waals surface area contributed by atoms with Gasteiger partial charge in [0, 0.05) is 44.4 Å². The molecular weight excluding hydrogens is 314 g/mol. The number of nitrogens with one attached hydrogen (secondary N) is 1. The molecule has 0 saturated carbocycles. The lowest BCUT2D eigenvalue weighted by Crippen LogP contribution is -2.40. The first-order chi connectivity index (χ1) is 11.5. The number of carboxylic acid groups (broad SMARTS) is 1. The van der Waals surface area contributed by atoms with Crippen LogP contribution in [-0.2, 0) is 9.53 Å². The molecule has 8 heteroatoms. The fourth-order valence-electron chi connectivity index (χ4n) is 3.09. The predicted octanol–water partition coefficient (Wildman–Crippen LogP) is 0.530. The monoisotopic (exact) mass is 333 g/mol. The number of urea groups is 1. The summed E-state index contributed by atoms with van der Waals surface area (Å²) in [7, 11) is 1.51. The molecule has 2 saturated heterocycles. The minimum absolute atomic E-state index is 0.164. The zero-order chi connectivity index (χ0) is 17.3. The molecule has 128 valence electrons. The maximum atomic E-state index is 12.6. The van der Waals surface area contributed by atoms with E-state index in [9.17, 15) is 19.5 Å². The molecule has 2 aliphatic heterocycles.